The average Bonchev–Trinajstić information content (AvgIpc) is 3.58. The van der Waals surface area contributed by atoms with Gasteiger partial charge in [0.25, 0.3) is 0 Å². The molecule has 8 aromatic rings. The van der Waals surface area contributed by atoms with E-state index < -0.39 is 0 Å². The van der Waals surface area contributed by atoms with Crippen molar-refractivity contribution >= 4 is 53.4 Å². The van der Waals surface area contributed by atoms with Crippen LogP contribution in [0.4, 0.5) is 0 Å². The number of nitrogens with zero attached hydrogens (tertiary/aromatic N) is 1. The lowest BCUT2D eigenvalue weighted by atomic mass is 9.90. The molecule has 2 aromatic heterocycles. The Morgan fingerprint density at radius 2 is 1.12 bits per heavy atom. The first-order chi connectivity index (χ1) is 19.7. The first-order valence-electron chi connectivity index (χ1n) is 13.2. The van der Waals surface area contributed by atoms with E-state index in [9.17, 15) is 5.26 Å². The Labute approximate surface area is 235 Å². The van der Waals surface area contributed by atoms with E-state index in [4.69, 9.17) is 4.42 Å². The molecule has 0 saturated carbocycles. The van der Waals surface area contributed by atoms with Gasteiger partial charge < -0.3 is 4.42 Å². The van der Waals surface area contributed by atoms with E-state index in [0.717, 1.165) is 38.6 Å². The zero-order valence-corrected chi connectivity index (χ0v) is 22.2. The SMILES string of the molecule is N#Cc1ccc(-c2ccc(-c3ccc4oc5ccccc5c4c3)c(-c3ccc4sc5ccccc5c4c3)c2)cc1. The molecule has 0 atom stereocenters. The van der Waals surface area contributed by atoms with Crippen LogP contribution in [0.15, 0.2) is 132 Å². The van der Waals surface area contributed by atoms with Crippen molar-refractivity contribution in [1.29, 1.82) is 5.26 Å². The van der Waals surface area contributed by atoms with Crippen molar-refractivity contribution in [3.63, 3.8) is 0 Å². The largest absolute Gasteiger partial charge is 0.456 e. The Balaban J connectivity index is 1.37. The minimum Gasteiger partial charge on any atom is -0.456 e. The van der Waals surface area contributed by atoms with Gasteiger partial charge in [0.05, 0.1) is 11.6 Å². The summed E-state index contributed by atoms with van der Waals surface area (Å²) in [4.78, 5) is 0. The van der Waals surface area contributed by atoms with Gasteiger partial charge in [-0.3, -0.25) is 0 Å². The summed E-state index contributed by atoms with van der Waals surface area (Å²) in [5, 5.41) is 14.1. The molecule has 3 heteroatoms. The third-order valence-corrected chi connectivity index (χ3v) is 8.89. The van der Waals surface area contributed by atoms with Gasteiger partial charge in [-0.25, -0.2) is 0 Å². The molecule has 8 rings (SSSR count). The Morgan fingerprint density at radius 1 is 0.475 bits per heavy atom. The van der Waals surface area contributed by atoms with Crippen molar-refractivity contribution < 1.29 is 4.42 Å². The number of para-hydroxylation sites is 1. The average molecular weight is 528 g/mol. The summed E-state index contributed by atoms with van der Waals surface area (Å²) in [5.41, 5.74) is 9.34. The standard InChI is InChI=1S/C37H21NOS/c38-22-23-9-11-24(12-10-23)25-13-16-28(26-14-17-35-32(20-26)29-5-1-3-7-34(29)39-35)31(19-25)27-15-18-37-33(21-27)30-6-2-4-8-36(30)40-37/h1-21H. The number of rotatable bonds is 3. The lowest BCUT2D eigenvalue weighted by molar-refractivity contribution is 0.669. The molecular weight excluding hydrogens is 506 g/mol. The number of nitriles is 1. The Morgan fingerprint density at radius 3 is 2.00 bits per heavy atom. The molecule has 6 aromatic carbocycles. The van der Waals surface area contributed by atoms with E-state index in [1.807, 2.05) is 47.7 Å². The predicted octanol–water partition coefficient (Wildman–Crippen LogP) is 10.8. The van der Waals surface area contributed by atoms with Gasteiger partial charge in [-0.05, 0) is 88.0 Å². The van der Waals surface area contributed by atoms with Gasteiger partial charge in [-0.15, -0.1) is 11.3 Å². The summed E-state index contributed by atoms with van der Waals surface area (Å²) in [5.74, 6) is 0. The fourth-order valence-electron chi connectivity index (χ4n) is 5.74. The maximum atomic E-state index is 9.27. The van der Waals surface area contributed by atoms with Crippen molar-refractivity contribution in [2.45, 2.75) is 0 Å². The van der Waals surface area contributed by atoms with Crippen LogP contribution in [0.25, 0.3) is 75.5 Å². The van der Waals surface area contributed by atoms with Gasteiger partial charge in [0, 0.05) is 30.9 Å². The molecule has 0 aliphatic heterocycles. The fraction of sp³-hybridized carbons (Fsp3) is 0. The molecule has 0 amide bonds. The van der Waals surface area contributed by atoms with Crippen molar-refractivity contribution in [3.05, 3.63) is 133 Å². The highest BCUT2D eigenvalue weighted by Crippen LogP contribution is 2.41. The monoisotopic (exact) mass is 527 g/mol. The van der Waals surface area contributed by atoms with E-state index >= 15 is 0 Å². The van der Waals surface area contributed by atoms with Gasteiger partial charge >= 0.3 is 0 Å². The zero-order valence-electron chi connectivity index (χ0n) is 21.4. The smallest absolute Gasteiger partial charge is 0.135 e. The van der Waals surface area contributed by atoms with Crippen LogP contribution in [-0.4, -0.2) is 0 Å². The van der Waals surface area contributed by atoms with E-state index in [1.165, 1.54) is 36.9 Å². The van der Waals surface area contributed by atoms with Crippen LogP contribution in [0.2, 0.25) is 0 Å². The zero-order chi connectivity index (χ0) is 26.6. The summed E-state index contributed by atoms with van der Waals surface area (Å²) in [6, 6.07) is 46.9. The highest BCUT2D eigenvalue weighted by atomic mass is 32.1. The molecule has 186 valence electrons. The van der Waals surface area contributed by atoms with Crippen LogP contribution in [-0.2, 0) is 0 Å². The number of thiophene rings is 1. The summed E-state index contributed by atoms with van der Waals surface area (Å²) in [6.45, 7) is 0. The summed E-state index contributed by atoms with van der Waals surface area (Å²) >= 11 is 1.84. The molecule has 0 bridgehead atoms. The third-order valence-electron chi connectivity index (χ3n) is 7.74. The molecule has 0 aliphatic carbocycles. The van der Waals surface area contributed by atoms with Crippen molar-refractivity contribution in [1.82, 2.24) is 0 Å². The van der Waals surface area contributed by atoms with Crippen LogP contribution in [0, 0.1) is 11.3 Å². The van der Waals surface area contributed by atoms with Crippen molar-refractivity contribution in [2.75, 3.05) is 0 Å². The van der Waals surface area contributed by atoms with Crippen molar-refractivity contribution in [2.24, 2.45) is 0 Å². The highest BCUT2D eigenvalue weighted by molar-refractivity contribution is 7.25. The number of fused-ring (bicyclic) bond motifs is 6. The summed E-state index contributed by atoms with van der Waals surface area (Å²) in [7, 11) is 0. The molecule has 0 radical (unpaired) electrons. The number of hydrogen-bond donors (Lipinski definition) is 0. The molecule has 2 nitrogen and oxygen atoms in total. The van der Waals surface area contributed by atoms with Gasteiger partial charge in [-0.2, -0.15) is 5.26 Å². The molecule has 0 unspecified atom stereocenters. The normalized spacial score (nSPS) is 11.5. The molecule has 40 heavy (non-hydrogen) atoms. The Bertz CT molecular complexity index is 2280. The van der Waals surface area contributed by atoms with Gasteiger partial charge in [-0.1, -0.05) is 72.8 Å². The predicted molar refractivity (Wildman–Crippen MR) is 168 cm³/mol. The molecule has 2 heterocycles. The Hall–Kier alpha value is -5.17. The quantitative estimate of drug-likeness (QED) is 0.229. The van der Waals surface area contributed by atoms with Crippen LogP contribution in [0.1, 0.15) is 5.56 Å². The molecule has 0 spiro atoms. The van der Waals surface area contributed by atoms with Crippen LogP contribution in [0.5, 0.6) is 0 Å². The van der Waals surface area contributed by atoms with E-state index in [0.29, 0.717) is 5.56 Å². The van der Waals surface area contributed by atoms with Crippen molar-refractivity contribution in [3.8, 4) is 39.4 Å². The fourth-order valence-corrected chi connectivity index (χ4v) is 6.83. The van der Waals surface area contributed by atoms with Gasteiger partial charge in [0.2, 0.25) is 0 Å². The maximum absolute atomic E-state index is 9.27. The van der Waals surface area contributed by atoms with E-state index in [1.54, 1.807) is 0 Å². The van der Waals surface area contributed by atoms with Gasteiger partial charge in [0.15, 0.2) is 0 Å². The van der Waals surface area contributed by atoms with E-state index in [-0.39, 0.29) is 0 Å². The number of benzene rings is 6. The molecule has 0 N–H and O–H groups in total. The molecule has 0 aliphatic rings. The second kappa shape index (κ2) is 8.95. The maximum Gasteiger partial charge on any atom is 0.135 e. The van der Waals surface area contributed by atoms with Crippen LogP contribution < -0.4 is 0 Å². The number of hydrogen-bond acceptors (Lipinski definition) is 3. The summed E-state index contributed by atoms with van der Waals surface area (Å²) < 4.78 is 8.71. The third kappa shape index (κ3) is 3.62. The minimum absolute atomic E-state index is 0.663. The number of furan rings is 1. The van der Waals surface area contributed by atoms with Crippen LogP contribution in [0.3, 0.4) is 0 Å². The summed E-state index contributed by atoms with van der Waals surface area (Å²) in [6.07, 6.45) is 0. The second-order valence-electron chi connectivity index (χ2n) is 10.1. The minimum atomic E-state index is 0.663. The Kier molecular flexibility index (Phi) is 5.10. The van der Waals surface area contributed by atoms with E-state index in [2.05, 4.69) is 97.1 Å². The highest BCUT2D eigenvalue weighted by Gasteiger charge is 2.15. The molecule has 0 fully saturated rings. The first kappa shape index (κ1) is 22.8. The lowest BCUT2D eigenvalue weighted by Gasteiger charge is -2.14. The molecular formula is C37H21NOS. The topological polar surface area (TPSA) is 36.9 Å². The van der Waals surface area contributed by atoms with Gasteiger partial charge in [0.1, 0.15) is 11.2 Å². The van der Waals surface area contributed by atoms with Crippen LogP contribution >= 0.6 is 11.3 Å². The lowest BCUT2D eigenvalue weighted by Crippen LogP contribution is -1.88. The second-order valence-corrected chi connectivity index (χ2v) is 11.2. The first-order valence-corrected chi connectivity index (χ1v) is 14.0. The molecule has 0 saturated heterocycles.